The Morgan fingerprint density at radius 1 is 1.31 bits per heavy atom. The first-order chi connectivity index (χ1) is 7.69. The molecule has 0 saturated heterocycles. The van der Waals surface area contributed by atoms with Gasteiger partial charge in [0, 0.05) is 18.4 Å². The highest BCUT2D eigenvalue weighted by molar-refractivity contribution is 5.63. The van der Waals surface area contributed by atoms with E-state index < -0.39 is 0 Å². The minimum atomic E-state index is -0.375. The molecule has 1 aromatic heterocycles. The fourth-order valence-corrected chi connectivity index (χ4v) is 1.51. The summed E-state index contributed by atoms with van der Waals surface area (Å²) in [7, 11) is 1.59. The molecule has 0 aliphatic carbocycles. The summed E-state index contributed by atoms with van der Waals surface area (Å²) in [5, 5.41) is 0. The van der Waals surface area contributed by atoms with Gasteiger partial charge in [-0.1, -0.05) is 0 Å². The van der Waals surface area contributed by atoms with Crippen molar-refractivity contribution in [3.05, 3.63) is 41.9 Å². The van der Waals surface area contributed by atoms with Crippen LogP contribution in [0.25, 0.3) is 11.3 Å². The summed E-state index contributed by atoms with van der Waals surface area (Å²) in [5.74, 6) is 0.901. The Bertz CT molecular complexity index is 473. The zero-order valence-electron chi connectivity index (χ0n) is 8.87. The molecule has 0 amide bonds. The van der Waals surface area contributed by atoms with Gasteiger partial charge in [-0.15, -0.1) is 0 Å². The van der Waals surface area contributed by atoms with Crippen LogP contribution in [0.1, 0.15) is 5.76 Å². The molecule has 84 valence electrons. The van der Waals surface area contributed by atoms with Gasteiger partial charge in [0.15, 0.2) is 0 Å². The smallest absolute Gasteiger partial charge is 0.134 e. The van der Waals surface area contributed by atoms with Crippen molar-refractivity contribution in [2.45, 2.75) is 6.61 Å². The molecule has 2 rings (SSSR count). The summed E-state index contributed by atoms with van der Waals surface area (Å²) in [6.07, 6.45) is 0. The van der Waals surface area contributed by atoms with Gasteiger partial charge in [-0.05, 0) is 30.3 Å². The van der Waals surface area contributed by atoms with Crippen LogP contribution in [0.5, 0.6) is 0 Å². The average Bonchev–Trinajstić information content (AvgIpc) is 2.65. The van der Waals surface area contributed by atoms with E-state index in [4.69, 9.17) is 14.9 Å². The Morgan fingerprint density at radius 2 is 2.12 bits per heavy atom. The lowest BCUT2D eigenvalue weighted by atomic mass is 10.1. The van der Waals surface area contributed by atoms with Crippen LogP contribution in [-0.4, -0.2) is 7.11 Å². The fraction of sp³-hybridized carbons (Fsp3) is 0.167. The van der Waals surface area contributed by atoms with E-state index in [1.54, 1.807) is 25.3 Å². The highest BCUT2D eigenvalue weighted by Gasteiger charge is 2.06. The molecular formula is C12H12FNO2. The van der Waals surface area contributed by atoms with E-state index in [2.05, 4.69) is 0 Å². The average molecular weight is 221 g/mol. The largest absolute Gasteiger partial charge is 0.459 e. The lowest BCUT2D eigenvalue weighted by Crippen LogP contribution is -1.87. The van der Waals surface area contributed by atoms with Crippen LogP contribution in [0.2, 0.25) is 0 Å². The van der Waals surface area contributed by atoms with Gasteiger partial charge in [0.25, 0.3) is 0 Å². The SMILES string of the molecule is COCc1ccc(-c2cc(N)cc(F)c2)o1. The number of anilines is 1. The second-order valence-electron chi connectivity index (χ2n) is 3.47. The summed E-state index contributed by atoms with van der Waals surface area (Å²) in [6.45, 7) is 0.394. The van der Waals surface area contributed by atoms with Gasteiger partial charge < -0.3 is 14.9 Å². The first-order valence-electron chi connectivity index (χ1n) is 4.83. The molecule has 1 heterocycles. The molecule has 3 nitrogen and oxygen atoms in total. The minimum absolute atomic E-state index is 0.375. The summed E-state index contributed by atoms with van der Waals surface area (Å²) in [5.41, 5.74) is 6.56. The number of nitrogens with two attached hydrogens (primary N) is 1. The second-order valence-corrected chi connectivity index (χ2v) is 3.47. The highest BCUT2D eigenvalue weighted by atomic mass is 19.1. The Kier molecular flexibility index (Phi) is 2.92. The third-order valence-corrected chi connectivity index (χ3v) is 2.15. The molecule has 16 heavy (non-hydrogen) atoms. The third kappa shape index (κ3) is 2.23. The fourth-order valence-electron chi connectivity index (χ4n) is 1.51. The maximum absolute atomic E-state index is 13.1. The molecule has 0 radical (unpaired) electrons. The molecule has 0 aliphatic rings. The molecule has 0 atom stereocenters. The van der Waals surface area contributed by atoms with Crippen LogP contribution in [0.4, 0.5) is 10.1 Å². The molecular weight excluding hydrogens is 209 g/mol. The van der Waals surface area contributed by atoms with Gasteiger partial charge in [-0.3, -0.25) is 0 Å². The van der Waals surface area contributed by atoms with Crippen molar-refractivity contribution in [3.63, 3.8) is 0 Å². The zero-order valence-corrected chi connectivity index (χ0v) is 8.87. The van der Waals surface area contributed by atoms with Gasteiger partial charge in [0.2, 0.25) is 0 Å². The Hall–Kier alpha value is -1.81. The van der Waals surface area contributed by atoms with Crippen LogP contribution >= 0.6 is 0 Å². The number of ether oxygens (including phenoxy) is 1. The molecule has 1 aromatic carbocycles. The predicted octanol–water partition coefficient (Wildman–Crippen LogP) is 2.81. The van der Waals surface area contributed by atoms with Crippen molar-refractivity contribution >= 4 is 5.69 Å². The van der Waals surface area contributed by atoms with Gasteiger partial charge >= 0.3 is 0 Å². The van der Waals surface area contributed by atoms with Crippen molar-refractivity contribution in [1.82, 2.24) is 0 Å². The number of methoxy groups -OCH3 is 1. The summed E-state index contributed by atoms with van der Waals surface area (Å²) in [4.78, 5) is 0. The van der Waals surface area contributed by atoms with Crippen LogP contribution in [-0.2, 0) is 11.3 Å². The summed E-state index contributed by atoms with van der Waals surface area (Å²) < 4.78 is 23.5. The van der Waals surface area contributed by atoms with Gasteiger partial charge in [-0.2, -0.15) is 0 Å². The van der Waals surface area contributed by atoms with Gasteiger partial charge in [0.05, 0.1) is 0 Å². The Morgan fingerprint density at radius 3 is 2.81 bits per heavy atom. The molecule has 0 aliphatic heterocycles. The summed E-state index contributed by atoms with van der Waals surface area (Å²) >= 11 is 0. The van der Waals surface area contributed by atoms with Crippen molar-refractivity contribution in [2.75, 3.05) is 12.8 Å². The zero-order chi connectivity index (χ0) is 11.5. The van der Waals surface area contributed by atoms with E-state index >= 15 is 0 Å². The van der Waals surface area contributed by atoms with Crippen LogP contribution < -0.4 is 5.73 Å². The quantitative estimate of drug-likeness (QED) is 0.811. The van der Waals surface area contributed by atoms with Crippen LogP contribution in [0.15, 0.2) is 34.7 Å². The van der Waals surface area contributed by atoms with E-state index in [-0.39, 0.29) is 5.82 Å². The van der Waals surface area contributed by atoms with E-state index in [1.165, 1.54) is 12.1 Å². The van der Waals surface area contributed by atoms with E-state index in [0.717, 1.165) is 0 Å². The number of nitrogen functional groups attached to an aromatic ring is 1. The Balaban J connectivity index is 2.34. The Labute approximate surface area is 92.6 Å². The van der Waals surface area contributed by atoms with E-state index in [0.29, 0.717) is 29.4 Å². The molecule has 2 N–H and O–H groups in total. The minimum Gasteiger partial charge on any atom is -0.459 e. The van der Waals surface area contributed by atoms with Crippen molar-refractivity contribution < 1.29 is 13.5 Å². The molecule has 0 unspecified atom stereocenters. The molecule has 0 saturated carbocycles. The number of halogens is 1. The molecule has 0 bridgehead atoms. The maximum Gasteiger partial charge on any atom is 0.134 e. The molecule has 0 spiro atoms. The summed E-state index contributed by atoms with van der Waals surface area (Å²) in [6, 6.07) is 7.87. The van der Waals surface area contributed by atoms with E-state index in [9.17, 15) is 4.39 Å². The van der Waals surface area contributed by atoms with Gasteiger partial charge in [0.1, 0.15) is 23.9 Å². The second kappa shape index (κ2) is 4.37. The first kappa shape index (κ1) is 10.7. The lowest BCUT2D eigenvalue weighted by Gasteiger charge is -2.00. The van der Waals surface area contributed by atoms with Crippen molar-refractivity contribution in [2.24, 2.45) is 0 Å². The van der Waals surface area contributed by atoms with Gasteiger partial charge in [-0.25, -0.2) is 4.39 Å². The number of hydrogen-bond donors (Lipinski definition) is 1. The monoisotopic (exact) mass is 221 g/mol. The van der Waals surface area contributed by atoms with Crippen LogP contribution in [0.3, 0.4) is 0 Å². The van der Waals surface area contributed by atoms with E-state index in [1.807, 2.05) is 0 Å². The molecule has 2 aromatic rings. The molecule has 4 heteroatoms. The van der Waals surface area contributed by atoms with Crippen molar-refractivity contribution in [3.8, 4) is 11.3 Å². The normalized spacial score (nSPS) is 10.6. The predicted molar refractivity (Wildman–Crippen MR) is 59.2 cm³/mol. The molecule has 0 fully saturated rings. The maximum atomic E-state index is 13.1. The number of furan rings is 1. The standard InChI is InChI=1S/C12H12FNO2/c1-15-7-11-2-3-12(16-11)8-4-9(13)6-10(14)5-8/h2-6H,7,14H2,1H3. The number of benzene rings is 1. The lowest BCUT2D eigenvalue weighted by molar-refractivity contribution is 0.165. The van der Waals surface area contributed by atoms with Crippen LogP contribution in [0, 0.1) is 5.82 Å². The number of rotatable bonds is 3. The first-order valence-corrected chi connectivity index (χ1v) is 4.83. The van der Waals surface area contributed by atoms with Crippen molar-refractivity contribution in [1.29, 1.82) is 0 Å². The highest BCUT2D eigenvalue weighted by Crippen LogP contribution is 2.25. The number of hydrogen-bond acceptors (Lipinski definition) is 3. The topological polar surface area (TPSA) is 48.4 Å². The third-order valence-electron chi connectivity index (χ3n) is 2.15.